The number of hydrogen-bond donors (Lipinski definition) is 3. The third-order valence-corrected chi connectivity index (χ3v) is 3.34. The number of anilines is 3. The first kappa shape index (κ1) is 14.6. The second-order valence-corrected chi connectivity index (χ2v) is 4.98. The number of nitrogens with zero attached hydrogens (tertiary/aromatic N) is 2. The first-order valence-electron chi connectivity index (χ1n) is 6.42. The Morgan fingerprint density at radius 1 is 1.20 bits per heavy atom. The lowest BCUT2D eigenvalue weighted by atomic mass is 10.2. The monoisotopic (exact) mass is 291 g/mol. The summed E-state index contributed by atoms with van der Waals surface area (Å²) in [4.78, 5) is 8.81. The Balaban J connectivity index is 2.42. The van der Waals surface area contributed by atoms with Gasteiger partial charge in [0.1, 0.15) is 17.5 Å². The number of rotatable bonds is 4. The van der Waals surface area contributed by atoms with Crippen LogP contribution in [0.2, 0.25) is 5.02 Å². The molecule has 0 unspecified atom stereocenters. The van der Waals surface area contributed by atoms with Crippen molar-refractivity contribution in [3.63, 3.8) is 0 Å². The van der Waals surface area contributed by atoms with E-state index in [4.69, 9.17) is 17.4 Å². The molecule has 0 amide bonds. The molecule has 6 heteroatoms. The largest absolute Gasteiger partial charge is 0.339 e. The van der Waals surface area contributed by atoms with Gasteiger partial charge in [-0.2, -0.15) is 0 Å². The summed E-state index contributed by atoms with van der Waals surface area (Å²) < 4.78 is 0. The van der Waals surface area contributed by atoms with Crippen molar-refractivity contribution in [1.29, 1.82) is 0 Å². The summed E-state index contributed by atoms with van der Waals surface area (Å²) >= 11 is 6.23. The Bertz CT molecular complexity index is 627. The van der Waals surface area contributed by atoms with Gasteiger partial charge < -0.3 is 10.7 Å². The van der Waals surface area contributed by atoms with Crippen molar-refractivity contribution in [3.8, 4) is 0 Å². The molecule has 106 valence electrons. The van der Waals surface area contributed by atoms with E-state index in [0.717, 1.165) is 23.2 Å². The topological polar surface area (TPSA) is 75.9 Å². The maximum absolute atomic E-state index is 6.23. The van der Waals surface area contributed by atoms with Gasteiger partial charge in [0, 0.05) is 12.0 Å². The van der Waals surface area contributed by atoms with Crippen LogP contribution in [-0.2, 0) is 6.42 Å². The average Bonchev–Trinajstić information content (AvgIpc) is 2.43. The average molecular weight is 292 g/mol. The zero-order valence-corrected chi connectivity index (χ0v) is 12.5. The minimum absolute atomic E-state index is 0.614. The molecule has 0 bridgehead atoms. The van der Waals surface area contributed by atoms with Crippen LogP contribution in [0.25, 0.3) is 0 Å². The van der Waals surface area contributed by atoms with Crippen molar-refractivity contribution in [2.45, 2.75) is 27.2 Å². The van der Waals surface area contributed by atoms with Crippen LogP contribution in [0.1, 0.15) is 23.9 Å². The van der Waals surface area contributed by atoms with E-state index in [1.54, 1.807) is 0 Å². The molecule has 1 aromatic carbocycles. The number of hydrogen-bond acceptors (Lipinski definition) is 5. The summed E-state index contributed by atoms with van der Waals surface area (Å²) in [6, 6.07) is 5.83. The standard InChI is InChI=1S/C14H18ClN5/c1-4-12-18-13(9(3)14(19-12)20-16)17-11-6-5-8(2)7-10(11)15/h5-7H,4,16H2,1-3H3,(H2,17,18,19,20). The van der Waals surface area contributed by atoms with Gasteiger partial charge in [-0.05, 0) is 31.5 Å². The van der Waals surface area contributed by atoms with E-state index >= 15 is 0 Å². The molecule has 0 atom stereocenters. The maximum atomic E-state index is 6.23. The first-order chi connectivity index (χ1) is 9.55. The molecule has 20 heavy (non-hydrogen) atoms. The Hall–Kier alpha value is -1.85. The Morgan fingerprint density at radius 3 is 2.50 bits per heavy atom. The lowest BCUT2D eigenvalue weighted by Gasteiger charge is -2.14. The summed E-state index contributed by atoms with van der Waals surface area (Å²) in [5, 5.41) is 3.89. The summed E-state index contributed by atoms with van der Waals surface area (Å²) in [6.45, 7) is 5.89. The highest BCUT2D eigenvalue weighted by molar-refractivity contribution is 6.33. The summed E-state index contributed by atoms with van der Waals surface area (Å²) in [6.07, 6.45) is 0.727. The Kier molecular flexibility index (Phi) is 4.42. The van der Waals surface area contributed by atoms with Crippen LogP contribution in [-0.4, -0.2) is 9.97 Å². The molecule has 0 aliphatic heterocycles. The third-order valence-electron chi connectivity index (χ3n) is 3.02. The second-order valence-electron chi connectivity index (χ2n) is 4.57. The highest BCUT2D eigenvalue weighted by Gasteiger charge is 2.11. The number of aryl methyl sites for hydroxylation is 2. The molecule has 2 aromatic rings. The Morgan fingerprint density at radius 2 is 1.90 bits per heavy atom. The molecule has 0 aliphatic carbocycles. The molecule has 5 nitrogen and oxygen atoms in total. The molecular weight excluding hydrogens is 274 g/mol. The van der Waals surface area contributed by atoms with Gasteiger partial charge in [-0.15, -0.1) is 0 Å². The van der Waals surface area contributed by atoms with Crippen LogP contribution < -0.4 is 16.6 Å². The number of nitrogens with two attached hydrogens (primary N) is 1. The lowest BCUT2D eigenvalue weighted by Crippen LogP contribution is -2.14. The van der Waals surface area contributed by atoms with Crippen molar-refractivity contribution in [3.05, 3.63) is 40.2 Å². The first-order valence-corrected chi connectivity index (χ1v) is 6.80. The molecule has 0 aliphatic rings. The minimum Gasteiger partial charge on any atom is -0.339 e. The van der Waals surface area contributed by atoms with Crippen LogP contribution in [0, 0.1) is 13.8 Å². The van der Waals surface area contributed by atoms with Crippen molar-refractivity contribution < 1.29 is 0 Å². The molecule has 0 saturated heterocycles. The highest BCUT2D eigenvalue weighted by Crippen LogP contribution is 2.28. The zero-order valence-electron chi connectivity index (χ0n) is 11.8. The van der Waals surface area contributed by atoms with Gasteiger partial charge >= 0.3 is 0 Å². The number of nitrogens with one attached hydrogen (secondary N) is 2. The summed E-state index contributed by atoms with van der Waals surface area (Å²) in [5.41, 5.74) is 5.36. The van der Waals surface area contributed by atoms with Gasteiger partial charge in [0.05, 0.1) is 10.7 Å². The van der Waals surface area contributed by atoms with Crippen LogP contribution in [0.3, 0.4) is 0 Å². The number of benzene rings is 1. The molecule has 0 fully saturated rings. The normalized spacial score (nSPS) is 10.4. The number of aromatic nitrogens is 2. The maximum Gasteiger partial charge on any atom is 0.148 e. The fourth-order valence-corrected chi connectivity index (χ4v) is 2.11. The molecule has 1 heterocycles. The smallest absolute Gasteiger partial charge is 0.148 e. The highest BCUT2D eigenvalue weighted by atomic mass is 35.5. The van der Waals surface area contributed by atoms with E-state index in [0.29, 0.717) is 22.5 Å². The van der Waals surface area contributed by atoms with E-state index in [9.17, 15) is 0 Å². The van der Waals surface area contributed by atoms with Crippen molar-refractivity contribution in [2.75, 3.05) is 10.7 Å². The van der Waals surface area contributed by atoms with Gasteiger partial charge in [0.2, 0.25) is 0 Å². The van der Waals surface area contributed by atoms with Crippen molar-refractivity contribution in [1.82, 2.24) is 9.97 Å². The molecule has 1 aromatic heterocycles. The van der Waals surface area contributed by atoms with E-state index < -0.39 is 0 Å². The molecule has 0 radical (unpaired) electrons. The fraction of sp³-hybridized carbons (Fsp3) is 0.286. The Labute approximate surface area is 123 Å². The molecule has 2 rings (SSSR count). The fourth-order valence-electron chi connectivity index (χ4n) is 1.83. The molecule has 4 N–H and O–H groups in total. The van der Waals surface area contributed by atoms with Crippen LogP contribution in [0.5, 0.6) is 0 Å². The SMILES string of the molecule is CCc1nc(NN)c(C)c(Nc2ccc(C)cc2Cl)n1. The number of hydrazine groups is 1. The second kappa shape index (κ2) is 6.07. The van der Waals surface area contributed by atoms with Gasteiger partial charge in [-0.1, -0.05) is 24.6 Å². The lowest BCUT2D eigenvalue weighted by molar-refractivity contribution is 0.932. The van der Waals surface area contributed by atoms with E-state index in [-0.39, 0.29) is 0 Å². The predicted molar refractivity (Wildman–Crippen MR) is 83.4 cm³/mol. The minimum atomic E-state index is 0.614. The summed E-state index contributed by atoms with van der Waals surface area (Å²) in [7, 11) is 0. The number of nitrogen functional groups attached to an aromatic ring is 1. The van der Waals surface area contributed by atoms with Gasteiger partial charge in [-0.3, -0.25) is 0 Å². The van der Waals surface area contributed by atoms with Crippen LogP contribution >= 0.6 is 11.6 Å². The van der Waals surface area contributed by atoms with Gasteiger partial charge in [-0.25, -0.2) is 15.8 Å². The quantitative estimate of drug-likeness (QED) is 0.595. The summed E-state index contributed by atoms with van der Waals surface area (Å²) in [5.74, 6) is 7.53. The zero-order chi connectivity index (χ0) is 14.7. The van der Waals surface area contributed by atoms with Gasteiger partial charge in [0.25, 0.3) is 0 Å². The number of halogens is 1. The van der Waals surface area contributed by atoms with E-state index in [1.165, 1.54) is 0 Å². The molecule has 0 saturated carbocycles. The van der Waals surface area contributed by atoms with Crippen molar-refractivity contribution >= 4 is 28.9 Å². The van der Waals surface area contributed by atoms with Crippen LogP contribution in [0.4, 0.5) is 17.3 Å². The van der Waals surface area contributed by atoms with E-state index in [1.807, 2.05) is 39.0 Å². The molecular formula is C14H18ClN5. The van der Waals surface area contributed by atoms with E-state index in [2.05, 4.69) is 20.7 Å². The van der Waals surface area contributed by atoms with Crippen molar-refractivity contribution in [2.24, 2.45) is 5.84 Å². The molecule has 0 spiro atoms. The third kappa shape index (κ3) is 3.00. The van der Waals surface area contributed by atoms with Crippen LogP contribution in [0.15, 0.2) is 18.2 Å². The predicted octanol–water partition coefficient (Wildman–Crippen LogP) is 3.34. The van der Waals surface area contributed by atoms with Gasteiger partial charge in [0.15, 0.2) is 0 Å².